The summed E-state index contributed by atoms with van der Waals surface area (Å²) in [6.45, 7) is 8.33. The van der Waals surface area contributed by atoms with Crippen LogP contribution in [-0.2, 0) is 9.53 Å². The van der Waals surface area contributed by atoms with Gasteiger partial charge in [-0.1, -0.05) is 54.6 Å². The van der Waals surface area contributed by atoms with Gasteiger partial charge in [0, 0.05) is 10.2 Å². The smallest absolute Gasteiger partial charge is 0.317 e. The molecule has 118 valence electrons. The van der Waals surface area contributed by atoms with Crippen molar-refractivity contribution in [1.29, 1.82) is 0 Å². The van der Waals surface area contributed by atoms with E-state index in [1.54, 1.807) is 0 Å². The summed E-state index contributed by atoms with van der Waals surface area (Å²) < 4.78 is 6.31. The van der Waals surface area contributed by atoms with Crippen LogP contribution >= 0.6 is 28.1 Å². The predicted molar refractivity (Wildman–Crippen MR) is 94.2 cm³/mol. The zero-order chi connectivity index (χ0) is 16.3. The number of hydrogen-bond donors (Lipinski definition) is 2. The third-order valence-electron chi connectivity index (χ3n) is 3.32. The summed E-state index contributed by atoms with van der Waals surface area (Å²) in [4.78, 5) is 12.5. The second-order valence-corrected chi connectivity index (χ2v) is 6.89. The van der Waals surface area contributed by atoms with Crippen LogP contribution in [0.1, 0.15) is 25.5 Å². The Morgan fingerprint density at radius 2 is 2.14 bits per heavy atom. The number of benzene rings is 1. The largest absolute Gasteiger partial charge is 0.465 e. The SMILES string of the molecule is C=C1NC(=S)N[C@@H](c2ccccc2Br)[C@@H]1C(=O)OCC(C)C. The highest BCUT2D eigenvalue weighted by Crippen LogP contribution is 2.34. The molecule has 0 spiro atoms. The molecule has 1 aromatic rings. The van der Waals surface area contributed by atoms with Crippen LogP contribution in [0.5, 0.6) is 0 Å². The van der Waals surface area contributed by atoms with Gasteiger partial charge in [0.15, 0.2) is 5.11 Å². The van der Waals surface area contributed by atoms with Crippen molar-refractivity contribution in [1.82, 2.24) is 10.6 Å². The van der Waals surface area contributed by atoms with E-state index in [1.807, 2.05) is 38.1 Å². The van der Waals surface area contributed by atoms with Crippen molar-refractivity contribution in [3.8, 4) is 0 Å². The fourth-order valence-electron chi connectivity index (χ4n) is 2.29. The summed E-state index contributed by atoms with van der Waals surface area (Å²) in [6, 6.07) is 7.42. The second-order valence-electron chi connectivity index (χ2n) is 5.62. The number of thiocarbonyl (C=S) groups is 1. The Labute approximate surface area is 144 Å². The summed E-state index contributed by atoms with van der Waals surface area (Å²) in [5.41, 5.74) is 1.50. The number of carbonyl (C=O) groups excluding carboxylic acids is 1. The molecule has 1 aliphatic rings. The van der Waals surface area contributed by atoms with Gasteiger partial charge in [-0.2, -0.15) is 0 Å². The Morgan fingerprint density at radius 3 is 2.77 bits per heavy atom. The minimum atomic E-state index is -0.538. The maximum atomic E-state index is 12.5. The summed E-state index contributed by atoms with van der Waals surface area (Å²) in [5, 5.41) is 6.54. The summed E-state index contributed by atoms with van der Waals surface area (Å²) in [7, 11) is 0. The van der Waals surface area contributed by atoms with Gasteiger partial charge in [-0.25, -0.2) is 0 Å². The van der Waals surface area contributed by atoms with Crippen LogP contribution in [0.4, 0.5) is 0 Å². The van der Waals surface area contributed by atoms with E-state index in [4.69, 9.17) is 17.0 Å². The van der Waals surface area contributed by atoms with Crippen molar-refractivity contribution >= 4 is 39.2 Å². The minimum absolute atomic E-state index is 0.282. The molecule has 0 unspecified atom stereocenters. The highest BCUT2D eigenvalue weighted by atomic mass is 79.9. The van der Waals surface area contributed by atoms with Crippen molar-refractivity contribution in [3.05, 3.63) is 46.6 Å². The summed E-state index contributed by atoms with van der Waals surface area (Å²) >= 11 is 8.72. The van der Waals surface area contributed by atoms with Crippen LogP contribution in [-0.4, -0.2) is 17.7 Å². The molecule has 0 aliphatic carbocycles. The normalized spacial score (nSPS) is 21.3. The lowest BCUT2D eigenvalue weighted by Gasteiger charge is -2.35. The Balaban J connectivity index is 2.30. The third kappa shape index (κ3) is 3.87. The van der Waals surface area contributed by atoms with Gasteiger partial charge < -0.3 is 15.4 Å². The molecule has 0 bridgehead atoms. The molecule has 2 rings (SSSR count). The highest BCUT2D eigenvalue weighted by Gasteiger charge is 2.38. The highest BCUT2D eigenvalue weighted by molar-refractivity contribution is 9.10. The van der Waals surface area contributed by atoms with Gasteiger partial charge in [0.05, 0.1) is 12.6 Å². The molecule has 1 saturated heterocycles. The molecule has 22 heavy (non-hydrogen) atoms. The Morgan fingerprint density at radius 1 is 1.45 bits per heavy atom. The number of nitrogens with one attached hydrogen (secondary N) is 2. The number of halogens is 1. The quantitative estimate of drug-likeness (QED) is 0.617. The van der Waals surface area contributed by atoms with Crippen molar-refractivity contribution in [2.75, 3.05) is 6.61 Å². The average Bonchev–Trinajstić information content (AvgIpc) is 2.44. The molecule has 0 amide bonds. The summed E-state index contributed by atoms with van der Waals surface area (Å²) in [5.74, 6) is -0.559. The molecule has 0 aromatic heterocycles. The third-order valence-corrected chi connectivity index (χ3v) is 4.26. The van der Waals surface area contributed by atoms with E-state index in [2.05, 4.69) is 33.1 Å². The molecule has 0 radical (unpaired) electrons. The fraction of sp³-hybridized carbons (Fsp3) is 0.375. The first-order valence-electron chi connectivity index (χ1n) is 7.07. The van der Waals surface area contributed by atoms with Gasteiger partial charge in [0.1, 0.15) is 5.92 Å². The standard InChI is InChI=1S/C16H19BrN2O2S/c1-9(2)8-21-15(20)13-10(3)18-16(22)19-14(13)11-6-4-5-7-12(11)17/h4-7,9,13-14H,3,8H2,1-2H3,(H2,18,19,22)/t13-,14+/m1/s1. The lowest BCUT2D eigenvalue weighted by Crippen LogP contribution is -2.51. The van der Waals surface area contributed by atoms with Crippen LogP contribution in [0.25, 0.3) is 0 Å². The average molecular weight is 383 g/mol. The zero-order valence-electron chi connectivity index (χ0n) is 12.6. The Kier molecular flexibility index (Phi) is 5.58. The molecule has 1 aliphatic heterocycles. The number of ether oxygens (including phenoxy) is 1. The van der Waals surface area contributed by atoms with Crippen molar-refractivity contribution < 1.29 is 9.53 Å². The topological polar surface area (TPSA) is 50.4 Å². The number of carbonyl (C=O) groups is 1. The first-order chi connectivity index (χ1) is 10.4. The van der Waals surface area contributed by atoms with Crippen LogP contribution < -0.4 is 10.6 Å². The minimum Gasteiger partial charge on any atom is -0.465 e. The number of esters is 1. The van der Waals surface area contributed by atoms with Crippen LogP contribution in [0.3, 0.4) is 0 Å². The van der Waals surface area contributed by atoms with Crippen molar-refractivity contribution in [2.45, 2.75) is 19.9 Å². The number of rotatable bonds is 4. The maximum absolute atomic E-state index is 12.5. The van der Waals surface area contributed by atoms with E-state index < -0.39 is 5.92 Å². The van der Waals surface area contributed by atoms with Crippen LogP contribution in [0.15, 0.2) is 41.0 Å². The zero-order valence-corrected chi connectivity index (χ0v) is 15.0. The summed E-state index contributed by atoms with van der Waals surface area (Å²) in [6.07, 6.45) is 0. The van der Waals surface area contributed by atoms with Gasteiger partial charge >= 0.3 is 5.97 Å². The first kappa shape index (κ1) is 17.0. The fourth-order valence-corrected chi connectivity index (χ4v) is 3.08. The van der Waals surface area contributed by atoms with Gasteiger partial charge in [-0.3, -0.25) is 4.79 Å². The monoisotopic (exact) mass is 382 g/mol. The second kappa shape index (κ2) is 7.24. The van der Waals surface area contributed by atoms with Crippen molar-refractivity contribution in [3.63, 3.8) is 0 Å². The van der Waals surface area contributed by atoms with Crippen LogP contribution in [0.2, 0.25) is 0 Å². The lowest BCUT2D eigenvalue weighted by atomic mass is 9.89. The molecular formula is C16H19BrN2O2S. The van der Waals surface area contributed by atoms with E-state index >= 15 is 0 Å². The molecule has 2 atom stereocenters. The molecule has 0 saturated carbocycles. The van der Waals surface area contributed by atoms with E-state index in [0.717, 1.165) is 10.0 Å². The molecule has 1 aromatic carbocycles. The molecule has 1 fully saturated rings. The molecule has 6 heteroatoms. The van der Waals surface area contributed by atoms with Gasteiger partial charge in [-0.15, -0.1) is 0 Å². The lowest BCUT2D eigenvalue weighted by molar-refractivity contribution is -0.149. The van der Waals surface area contributed by atoms with E-state index in [0.29, 0.717) is 17.4 Å². The predicted octanol–water partition coefficient (Wildman–Crippen LogP) is 3.30. The Bertz CT molecular complexity index is 604. The molecule has 4 nitrogen and oxygen atoms in total. The Hall–Kier alpha value is -1.40. The van der Waals surface area contributed by atoms with Gasteiger partial charge in [0.2, 0.25) is 0 Å². The molecule has 2 N–H and O–H groups in total. The maximum Gasteiger partial charge on any atom is 0.317 e. The van der Waals surface area contributed by atoms with Gasteiger partial charge in [-0.05, 0) is 29.8 Å². The first-order valence-corrected chi connectivity index (χ1v) is 8.27. The van der Waals surface area contributed by atoms with Crippen LogP contribution in [0, 0.1) is 11.8 Å². The van der Waals surface area contributed by atoms with E-state index in [-0.39, 0.29) is 17.9 Å². The van der Waals surface area contributed by atoms with E-state index in [1.165, 1.54) is 0 Å². The van der Waals surface area contributed by atoms with E-state index in [9.17, 15) is 4.79 Å². The number of hydrogen-bond acceptors (Lipinski definition) is 3. The molecule has 1 heterocycles. The van der Waals surface area contributed by atoms with Crippen molar-refractivity contribution in [2.24, 2.45) is 11.8 Å². The van der Waals surface area contributed by atoms with Gasteiger partial charge in [0.25, 0.3) is 0 Å². The molecular weight excluding hydrogens is 364 g/mol.